The largest absolute Gasteiger partial charge is 0.468 e. The van der Waals surface area contributed by atoms with Crippen LogP contribution in [0.4, 0.5) is 5.82 Å². The van der Waals surface area contributed by atoms with Crippen LogP contribution in [0.25, 0.3) is 22.2 Å². The van der Waals surface area contributed by atoms with E-state index in [1.165, 1.54) is 12.1 Å². The van der Waals surface area contributed by atoms with Gasteiger partial charge in [0, 0.05) is 12.2 Å². The quantitative estimate of drug-likeness (QED) is 0.546. The van der Waals surface area contributed by atoms with Gasteiger partial charge in [0.2, 0.25) is 0 Å². The van der Waals surface area contributed by atoms with Crippen molar-refractivity contribution in [3.05, 3.63) is 47.7 Å². The SMILES string of the molecule is [B]c1ccc(C(=O)Nc2c(C#N)c3nc4ccccc4nc3n2CCCC)o1. The van der Waals surface area contributed by atoms with Gasteiger partial charge in [0.1, 0.15) is 23.0 Å². The van der Waals surface area contributed by atoms with Gasteiger partial charge in [-0.2, -0.15) is 5.26 Å². The monoisotopic (exact) mass is 369 g/mol. The predicted octanol–water partition coefficient (Wildman–Crippen LogP) is 2.90. The van der Waals surface area contributed by atoms with Gasteiger partial charge < -0.3 is 14.3 Å². The lowest BCUT2D eigenvalue weighted by Crippen LogP contribution is -2.16. The molecule has 2 radical (unpaired) electrons. The normalized spacial score (nSPS) is 11.0. The molecule has 1 amide bonds. The van der Waals surface area contributed by atoms with E-state index in [0.717, 1.165) is 18.4 Å². The van der Waals surface area contributed by atoms with Crippen LogP contribution in [0.15, 0.2) is 40.8 Å². The minimum atomic E-state index is -0.488. The summed E-state index contributed by atoms with van der Waals surface area (Å²) in [6.07, 6.45) is 1.81. The first kappa shape index (κ1) is 17.8. The predicted molar refractivity (Wildman–Crippen MR) is 107 cm³/mol. The van der Waals surface area contributed by atoms with E-state index in [1.54, 1.807) is 0 Å². The number of amides is 1. The molecule has 4 aromatic rings. The van der Waals surface area contributed by atoms with E-state index in [1.807, 2.05) is 28.8 Å². The highest BCUT2D eigenvalue weighted by Gasteiger charge is 2.23. The second-order valence-corrected chi connectivity index (χ2v) is 6.38. The maximum atomic E-state index is 12.6. The number of benzene rings is 1. The number of para-hydroxylation sites is 2. The van der Waals surface area contributed by atoms with E-state index in [-0.39, 0.29) is 17.0 Å². The molecule has 1 N–H and O–H groups in total. The maximum absolute atomic E-state index is 12.6. The Kier molecular flexibility index (Phi) is 4.58. The number of aromatic nitrogens is 3. The first-order chi connectivity index (χ1) is 13.6. The standard InChI is InChI=1S/C20H16BN5O2/c1-2-3-10-26-18(25-20(27)15-8-9-16(21)28-15)12(11-22)17-19(26)24-14-7-5-4-6-13(14)23-17/h4-9H,2-3,10H2,1H3,(H,25,27). The molecule has 0 aliphatic rings. The van der Waals surface area contributed by atoms with Gasteiger partial charge in [-0.1, -0.05) is 25.5 Å². The lowest BCUT2D eigenvalue weighted by Gasteiger charge is -2.10. The minimum Gasteiger partial charge on any atom is -0.468 e. The number of rotatable bonds is 5. The average Bonchev–Trinajstić information content (AvgIpc) is 3.25. The molecule has 1 aromatic carbocycles. The number of anilines is 1. The van der Waals surface area contributed by atoms with Crippen molar-refractivity contribution >= 4 is 47.4 Å². The number of carbonyl (C=O) groups excluding carboxylic acids is 1. The Balaban J connectivity index is 1.90. The molecular weight excluding hydrogens is 353 g/mol. The van der Waals surface area contributed by atoms with Gasteiger partial charge in [0.15, 0.2) is 19.3 Å². The van der Waals surface area contributed by atoms with Crippen molar-refractivity contribution in [2.45, 2.75) is 26.3 Å². The Morgan fingerprint density at radius 3 is 2.64 bits per heavy atom. The third-order valence-electron chi connectivity index (χ3n) is 4.48. The molecule has 136 valence electrons. The summed E-state index contributed by atoms with van der Waals surface area (Å²) >= 11 is 0. The zero-order valence-electron chi connectivity index (χ0n) is 15.3. The van der Waals surface area contributed by atoms with Gasteiger partial charge in [-0.05, 0) is 30.7 Å². The van der Waals surface area contributed by atoms with E-state index in [4.69, 9.17) is 17.2 Å². The van der Waals surface area contributed by atoms with Gasteiger partial charge in [-0.15, -0.1) is 0 Å². The van der Waals surface area contributed by atoms with Crippen LogP contribution in [-0.4, -0.2) is 28.3 Å². The van der Waals surface area contributed by atoms with Crippen LogP contribution in [0.5, 0.6) is 0 Å². The number of hydrogen-bond donors (Lipinski definition) is 1. The van der Waals surface area contributed by atoms with Crippen LogP contribution in [0, 0.1) is 11.3 Å². The summed E-state index contributed by atoms with van der Waals surface area (Å²) in [5.41, 5.74) is 2.87. The lowest BCUT2D eigenvalue weighted by molar-refractivity contribution is 0.0997. The number of unbranched alkanes of at least 4 members (excludes halogenated alkanes) is 1. The van der Waals surface area contributed by atoms with Crippen LogP contribution < -0.4 is 11.0 Å². The van der Waals surface area contributed by atoms with Crippen molar-refractivity contribution in [3.63, 3.8) is 0 Å². The Labute approximate surface area is 162 Å². The Bertz CT molecular complexity index is 1230. The number of aryl methyl sites for hydroxylation is 1. The summed E-state index contributed by atoms with van der Waals surface area (Å²) in [6.45, 7) is 2.67. The maximum Gasteiger partial charge on any atom is 0.292 e. The molecule has 0 aliphatic carbocycles. The molecule has 0 atom stereocenters. The number of nitrogens with one attached hydrogen (secondary N) is 1. The van der Waals surface area contributed by atoms with Gasteiger partial charge in [0.25, 0.3) is 5.91 Å². The van der Waals surface area contributed by atoms with Crippen LogP contribution >= 0.6 is 0 Å². The zero-order valence-corrected chi connectivity index (χ0v) is 15.3. The molecule has 0 saturated heterocycles. The first-order valence-electron chi connectivity index (χ1n) is 8.98. The summed E-state index contributed by atoms with van der Waals surface area (Å²) in [7, 11) is 5.56. The highest BCUT2D eigenvalue weighted by Crippen LogP contribution is 2.30. The van der Waals surface area contributed by atoms with E-state index in [2.05, 4.69) is 23.3 Å². The number of fused-ring (bicyclic) bond motifs is 2. The number of furan rings is 1. The third kappa shape index (κ3) is 3.01. The van der Waals surface area contributed by atoms with Gasteiger partial charge in [-0.25, -0.2) is 9.97 Å². The van der Waals surface area contributed by atoms with E-state index >= 15 is 0 Å². The van der Waals surface area contributed by atoms with E-state index < -0.39 is 5.91 Å². The number of hydrogen-bond acceptors (Lipinski definition) is 5. The molecule has 4 rings (SSSR count). The lowest BCUT2D eigenvalue weighted by atomic mass is 10.1. The minimum absolute atomic E-state index is 0.0692. The van der Waals surface area contributed by atoms with Gasteiger partial charge >= 0.3 is 0 Å². The van der Waals surface area contributed by atoms with Crippen molar-refractivity contribution < 1.29 is 9.21 Å². The van der Waals surface area contributed by atoms with Crippen LogP contribution in [0.3, 0.4) is 0 Å². The van der Waals surface area contributed by atoms with Gasteiger partial charge in [0.05, 0.1) is 11.0 Å². The highest BCUT2D eigenvalue weighted by atomic mass is 16.3. The fourth-order valence-electron chi connectivity index (χ4n) is 3.11. The average molecular weight is 369 g/mol. The Hall–Kier alpha value is -3.60. The van der Waals surface area contributed by atoms with Crippen molar-refractivity contribution in [2.75, 3.05) is 5.32 Å². The fraction of sp³-hybridized carbons (Fsp3) is 0.200. The van der Waals surface area contributed by atoms with Gasteiger partial charge in [-0.3, -0.25) is 4.79 Å². The first-order valence-corrected chi connectivity index (χ1v) is 8.98. The van der Waals surface area contributed by atoms with Crippen LogP contribution in [0.1, 0.15) is 35.9 Å². The van der Waals surface area contributed by atoms with Crippen LogP contribution in [-0.2, 0) is 6.54 Å². The molecule has 0 bridgehead atoms. The Morgan fingerprint density at radius 1 is 1.25 bits per heavy atom. The number of nitriles is 1. The van der Waals surface area contributed by atoms with E-state index in [0.29, 0.717) is 29.0 Å². The van der Waals surface area contributed by atoms with Crippen LogP contribution in [0.2, 0.25) is 0 Å². The van der Waals surface area contributed by atoms with E-state index in [9.17, 15) is 10.1 Å². The number of nitrogens with zero attached hydrogens (tertiary/aromatic N) is 4. The summed E-state index contributed by atoms with van der Waals surface area (Å²) in [5, 5.41) is 12.6. The molecule has 0 unspecified atom stereocenters. The Morgan fingerprint density at radius 2 is 2.00 bits per heavy atom. The smallest absolute Gasteiger partial charge is 0.292 e. The topological polar surface area (TPSA) is 96.7 Å². The fourth-order valence-corrected chi connectivity index (χ4v) is 3.11. The molecule has 0 aliphatic heterocycles. The zero-order chi connectivity index (χ0) is 19.7. The van der Waals surface area contributed by atoms with Crippen molar-refractivity contribution in [2.24, 2.45) is 0 Å². The molecule has 7 nitrogen and oxygen atoms in total. The summed E-state index contributed by atoms with van der Waals surface area (Å²) in [4.78, 5) is 21.9. The molecule has 8 heteroatoms. The molecule has 0 saturated carbocycles. The second-order valence-electron chi connectivity index (χ2n) is 6.38. The molecular formula is C20H16BN5O2. The molecule has 28 heavy (non-hydrogen) atoms. The van der Waals surface area contributed by atoms with Crippen molar-refractivity contribution in [1.29, 1.82) is 5.26 Å². The summed E-state index contributed by atoms with van der Waals surface area (Å²) in [6, 6.07) is 12.6. The number of carbonyl (C=O) groups is 1. The van der Waals surface area contributed by atoms with Crippen molar-refractivity contribution in [1.82, 2.24) is 14.5 Å². The third-order valence-corrected chi connectivity index (χ3v) is 4.48. The van der Waals surface area contributed by atoms with Crippen molar-refractivity contribution in [3.8, 4) is 6.07 Å². The highest BCUT2D eigenvalue weighted by molar-refractivity contribution is 6.30. The molecule has 0 spiro atoms. The summed E-state index contributed by atoms with van der Waals surface area (Å²) < 4.78 is 7.03. The molecule has 3 aromatic heterocycles. The summed E-state index contributed by atoms with van der Waals surface area (Å²) in [5.74, 6) is -0.0562. The second kappa shape index (κ2) is 7.20. The molecule has 3 heterocycles. The molecule has 0 fully saturated rings.